The summed E-state index contributed by atoms with van der Waals surface area (Å²) in [6.45, 7) is 0. The molecular weight excluding hydrogens is 202 g/mol. The van der Waals surface area contributed by atoms with Crippen molar-refractivity contribution in [2.24, 2.45) is 0 Å². The van der Waals surface area contributed by atoms with Gasteiger partial charge in [0.2, 0.25) is 10.0 Å². The van der Waals surface area contributed by atoms with Crippen molar-refractivity contribution in [2.75, 3.05) is 6.26 Å². The Morgan fingerprint density at radius 3 is 2.71 bits per heavy atom. The van der Waals surface area contributed by atoms with E-state index in [0.29, 0.717) is 24.1 Å². The van der Waals surface area contributed by atoms with Crippen LogP contribution in [0, 0.1) is 0 Å². The quantitative estimate of drug-likeness (QED) is 0.693. The van der Waals surface area contributed by atoms with Gasteiger partial charge in [-0.3, -0.25) is 4.79 Å². The van der Waals surface area contributed by atoms with Gasteiger partial charge in [0.05, 0.1) is 6.26 Å². The predicted molar refractivity (Wildman–Crippen MR) is 51.9 cm³/mol. The number of carbonyl (C=O) groups excluding carboxylic acids is 1. The average Bonchev–Trinajstić information content (AvgIpc) is 2.47. The van der Waals surface area contributed by atoms with Gasteiger partial charge in [-0.2, -0.15) is 0 Å². The van der Waals surface area contributed by atoms with Gasteiger partial charge < -0.3 is 0 Å². The maximum Gasteiger partial charge on any atom is 0.235 e. The van der Waals surface area contributed by atoms with Crippen molar-refractivity contribution in [3.05, 3.63) is 23.5 Å². The molecule has 0 atom stereocenters. The molecule has 1 aromatic heterocycles. The molecule has 0 radical (unpaired) electrons. The second-order valence-electron chi connectivity index (χ2n) is 3.51. The maximum atomic E-state index is 11.4. The largest absolute Gasteiger partial charge is 0.294 e. The van der Waals surface area contributed by atoms with Crippen LogP contribution in [0.5, 0.6) is 0 Å². The fourth-order valence-electron chi connectivity index (χ4n) is 1.81. The third-order valence-electron chi connectivity index (χ3n) is 2.43. The molecule has 0 N–H and O–H groups in total. The summed E-state index contributed by atoms with van der Waals surface area (Å²) in [6.07, 6.45) is 4.54. The van der Waals surface area contributed by atoms with E-state index in [1.807, 2.05) is 0 Å². The van der Waals surface area contributed by atoms with Gasteiger partial charge >= 0.3 is 0 Å². The molecule has 76 valence electrons. The molecule has 0 unspecified atom stereocenters. The average molecular weight is 213 g/mol. The molecule has 0 saturated heterocycles. The molecule has 0 aliphatic heterocycles. The van der Waals surface area contributed by atoms with Gasteiger partial charge in [0.15, 0.2) is 5.78 Å². The van der Waals surface area contributed by atoms with Gasteiger partial charge in [0.25, 0.3) is 0 Å². The van der Waals surface area contributed by atoms with Crippen LogP contribution in [0.15, 0.2) is 12.3 Å². The molecular formula is C9H11NO3S. The fourth-order valence-corrected chi connectivity index (χ4v) is 2.68. The number of hydrogen-bond donors (Lipinski definition) is 0. The smallest absolute Gasteiger partial charge is 0.235 e. The van der Waals surface area contributed by atoms with Crippen LogP contribution in [0.2, 0.25) is 0 Å². The minimum atomic E-state index is -3.26. The van der Waals surface area contributed by atoms with E-state index in [0.717, 1.165) is 12.7 Å². The Balaban J connectivity index is 2.63. The summed E-state index contributed by atoms with van der Waals surface area (Å²) in [4.78, 5) is 11.4. The summed E-state index contributed by atoms with van der Waals surface area (Å²) in [5.74, 6) is 0.0497. The fraction of sp³-hybridized carbons (Fsp3) is 0.444. The molecule has 2 rings (SSSR count). The highest BCUT2D eigenvalue weighted by atomic mass is 32.2. The topological polar surface area (TPSA) is 56.1 Å². The zero-order valence-corrected chi connectivity index (χ0v) is 8.67. The van der Waals surface area contributed by atoms with Crippen LogP contribution in [-0.4, -0.2) is 24.4 Å². The van der Waals surface area contributed by atoms with Crippen LogP contribution in [0.4, 0.5) is 0 Å². The number of nitrogens with zero attached hydrogens (tertiary/aromatic N) is 1. The number of fused-ring (bicyclic) bond motifs is 1. The van der Waals surface area contributed by atoms with Crippen molar-refractivity contribution in [1.29, 1.82) is 0 Å². The Kier molecular flexibility index (Phi) is 1.99. The summed E-state index contributed by atoms with van der Waals surface area (Å²) in [7, 11) is -3.26. The Labute approximate surface area is 82.6 Å². The minimum Gasteiger partial charge on any atom is -0.294 e. The first-order valence-electron chi connectivity index (χ1n) is 4.44. The maximum absolute atomic E-state index is 11.4. The van der Waals surface area contributed by atoms with Gasteiger partial charge in [0, 0.05) is 23.9 Å². The number of aromatic nitrogens is 1. The van der Waals surface area contributed by atoms with Gasteiger partial charge in [-0.1, -0.05) is 0 Å². The zero-order valence-electron chi connectivity index (χ0n) is 7.86. The second kappa shape index (κ2) is 2.95. The van der Waals surface area contributed by atoms with Crippen LogP contribution < -0.4 is 0 Å². The highest BCUT2D eigenvalue weighted by Gasteiger charge is 2.23. The number of rotatable bonds is 1. The highest BCUT2D eigenvalue weighted by Crippen LogP contribution is 2.23. The van der Waals surface area contributed by atoms with E-state index in [4.69, 9.17) is 0 Å². The van der Waals surface area contributed by atoms with Gasteiger partial charge in [-0.25, -0.2) is 12.4 Å². The Morgan fingerprint density at radius 2 is 2.07 bits per heavy atom. The van der Waals surface area contributed by atoms with Crippen molar-refractivity contribution >= 4 is 15.8 Å². The van der Waals surface area contributed by atoms with Gasteiger partial charge in [-0.05, 0) is 18.9 Å². The first kappa shape index (κ1) is 9.45. The number of Topliss-reactive ketones (excluding diaryl/α,β-unsaturated/α-hetero) is 1. The molecule has 0 fully saturated rings. The summed E-state index contributed by atoms with van der Waals surface area (Å²) in [5, 5.41) is 0. The SMILES string of the molecule is CS(=O)(=O)n1ccc2c1CCCC2=O. The summed E-state index contributed by atoms with van der Waals surface area (Å²) < 4.78 is 23.9. The standard InChI is InChI=1S/C9H11NO3S/c1-14(12,13)10-6-5-7-8(10)3-2-4-9(7)11/h5-6H,2-4H2,1H3. The number of ketones is 1. The van der Waals surface area contributed by atoms with Crippen molar-refractivity contribution in [2.45, 2.75) is 19.3 Å². The predicted octanol–water partition coefficient (Wildman–Crippen LogP) is 0.815. The molecule has 14 heavy (non-hydrogen) atoms. The highest BCUT2D eigenvalue weighted by molar-refractivity contribution is 7.89. The van der Waals surface area contributed by atoms with Crippen LogP contribution in [0.25, 0.3) is 0 Å². The van der Waals surface area contributed by atoms with Crippen LogP contribution in [0.3, 0.4) is 0 Å². The van der Waals surface area contributed by atoms with Crippen LogP contribution in [0.1, 0.15) is 28.9 Å². The van der Waals surface area contributed by atoms with E-state index in [9.17, 15) is 13.2 Å². The molecule has 0 bridgehead atoms. The first-order valence-corrected chi connectivity index (χ1v) is 6.29. The normalized spacial score (nSPS) is 16.8. The lowest BCUT2D eigenvalue weighted by molar-refractivity contribution is 0.0972. The van der Waals surface area contributed by atoms with Crippen molar-refractivity contribution in [1.82, 2.24) is 3.97 Å². The molecule has 4 nitrogen and oxygen atoms in total. The Hall–Kier alpha value is -1.10. The van der Waals surface area contributed by atoms with Gasteiger partial charge in [-0.15, -0.1) is 0 Å². The van der Waals surface area contributed by atoms with E-state index in [1.54, 1.807) is 6.07 Å². The molecule has 1 aliphatic rings. The van der Waals surface area contributed by atoms with E-state index in [2.05, 4.69) is 0 Å². The van der Waals surface area contributed by atoms with Crippen molar-refractivity contribution in [3.8, 4) is 0 Å². The molecule has 5 heteroatoms. The molecule has 0 aromatic carbocycles. The van der Waals surface area contributed by atoms with Crippen LogP contribution in [-0.2, 0) is 16.4 Å². The van der Waals surface area contributed by atoms with Gasteiger partial charge in [0.1, 0.15) is 0 Å². The molecule has 0 saturated carbocycles. The number of carbonyl (C=O) groups is 1. The monoisotopic (exact) mass is 213 g/mol. The van der Waals surface area contributed by atoms with Crippen LogP contribution >= 0.6 is 0 Å². The molecule has 1 heterocycles. The van der Waals surface area contributed by atoms with E-state index in [1.165, 1.54) is 10.2 Å². The third kappa shape index (κ3) is 1.37. The lowest BCUT2D eigenvalue weighted by atomic mass is 9.97. The number of hydrogen-bond acceptors (Lipinski definition) is 3. The van der Waals surface area contributed by atoms with E-state index >= 15 is 0 Å². The van der Waals surface area contributed by atoms with Crippen molar-refractivity contribution < 1.29 is 13.2 Å². The lowest BCUT2D eigenvalue weighted by Crippen LogP contribution is -2.17. The molecule has 0 spiro atoms. The van der Waals surface area contributed by atoms with E-state index < -0.39 is 10.0 Å². The first-order chi connectivity index (χ1) is 6.50. The van der Waals surface area contributed by atoms with Crippen molar-refractivity contribution in [3.63, 3.8) is 0 Å². The summed E-state index contributed by atoms with van der Waals surface area (Å²) in [6, 6.07) is 1.60. The van der Waals surface area contributed by atoms with E-state index in [-0.39, 0.29) is 5.78 Å². The molecule has 0 amide bonds. The minimum absolute atomic E-state index is 0.0497. The Morgan fingerprint density at radius 1 is 1.36 bits per heavy atom. The summed E-state index contributed by atoms with van der Waals surface area (Å²) in [5.41, 5.74) is 1.21. The Bertz CT molecular complexity index is 484. The molecule has 1 aliphatic carbocycles. The second-order valence-corrected chi connectivity index (χ2v) is 5.37. The summed E-state index contributed by atoms with van der Waals surface area (Å²) >= 11 is 0. The zero-order chi connectivity index (χ0) is 10.3. The molecule has 1 aromatic rings. The third-order valence-corrected chi connectivity index (χ3v) is 3.49. The lowest BCUT2D eigenvalue weighted by Gasteiger charge is -2.13.